The minimum Gasteiger partial charge on any atom is -0.335 e. The van der Waals surface area contributed by atoms with Gasteiger partial charge < -0.3 is 20.4 Å². The lowest BCUT2D eigenvalue weighted by Crippen LogP contribution is -2.56. The van der Waals surface area contributed by atoms with E-state index in [0.717, 1.165) is 38.5 Å². The summed E-state index contributed by atoms with van der Waals surface area (Å²) >= 11 is 5.77. The molecule has 6 nitrogen and oxygen atoms in total. The molecule has 28 heavy (non-hydrogen) atoms. The molecule has 0 unspecified atom stereocenters. The Kier molecular flexibility index (Phi) is 5.62. The third kappa shape index (κ3) is 4.69. The molecular weight excluding hydrogens is 383 g/mol. The Hall–Kier alpha value is -2.02. The largest absolute Gasteiger partial charge is 0.335 e. The second-order valence-electron chi connectivity index (χ2n) is 8.00. The first-order valence-corrected chi connectivity index (χ1v) is 10.4. The lowest BCUT2D eigenvalue weighted by atomic mass is 10.0. The maximum atomic E-state index is 13.9. The van der Waals surface area contributed by atoms with Gasteiger partial charge in [0.25, 0.3) is 0 Å². The van der Waals surface area contributed by atoms with Crippen LogP contribution in [0, 0.1) is 5.82 Å². The minimum atomic E-state index is -0.430. The van der Waals surface area contributed by atoms with Gasteiger partial charge in [-0.3, -0.25) is 0 Å². The molecule has 1 saturated heterocycles. The van der Waals surface area contributed by atoms with Crippen LogP contribution in [0.1, 0.15) is 44.1 Å². The van der Waals surface area contributed by atoms with E-state index < -0.39 is 5.82 Å². The number of amides is 4. The van der Waals surface area contributed by atoms with Gasteiger partial charge in [0.15, 0.2) is 0 Å². The lowest BCUT2D eigenvalue weighted by Gasteiger charge is -2.39. The van der Waals surface area contributed by atoms with Crippen LogP contribution < -0.4 is 10.6 Å². The number of nitrogens with zero attached hydrogens (tertiary/aromatic N) is 2. The molecule has 8 heteroatoms. The van der Waals surface area contributed by atoms with Gasteiger partial charge in [0, 0.05) is 42.3 Å². The van der Waals surface area contributed by atoms with Gasteiger partial charge in [-0.2, -0.15) is 0 Å². The molecular formula is C20H26ClFN4O2. The zero-order chi connectivity index (χ0) is 19.7. The first kappa shape index (κ1) is 19.3. The zero-order valence-corrected chi connectivity index (χ0v) is 16.6. The third-order valence-electron chi connectivity index (χ3n) is 5.60. The first-order chi connectivity index (χ1) is 13.5. The van der Waals surface area contributed by atoms with E-state index in [0.29, 0.717) is 35.8 Å². The topological polar surface area (TPSA) is 64.7 Å². The molecule has 0 bridgehead atoms. The molecule has 1 aromatic carbocycles. The van der Waals surface area contributed by atoms with Crippen LogP contribution in [-0.2, 0) is 6.54 Å². The molecule has 4 rings (SSSR count). The van der Waals surface area contributed by atoms with Crippen LogP contribution >= 0.6 is 11.6 Å². The fourth-order valence-electron chi connectivity index (χ4n) is 3.77. The van der Waals surface area contributed by atoms with Crippen molar-refractivity contribution in [2.24, 2.45) is 0 Å². The van der Waals surface area contributed by atoms with Gasteiger partial charge in [0.05, 0.1) is 6.04 Å². The fraction of sp³-hybridized carbons (Fsp3) is 0.600. The smallest absolute Gasteiger partial charge is 0.318 e. The number of hydrogen-bond donors (Lipinski definition) is 2. The van der Waals surface area contributed by atoms with Gasteiger partial charge in [-0.05, 0) is 50.7 Å². The number of hydrogen-bond acceptors (Lipinski definition) is 2. The molecule has 0 spiro atoms. The Morgan fingerprint density at radius 2 is 1.96 bits per heavy atom. The Morgan fingerprint density at radius 1 is 1.18 bits per heavy atom. The average molecular weight is 409 g/mol. The van der Waals surface area contributed by atoms with Crippen molar-refractivity contribution >= 4 is 23.7 Å². The van der Waals surface area contributed by atoms with Crippen molar-refractivity contribution in [1.82, 2.24) is 20.4 Å². The van der Waals surface area contributed by atoms with E-state index in [1.165, 1.54) is 6.07 Å². The maximum Gasteiger partial charge on any atom is 0.318 e. The van der Waals surface area contributed by atoms with E-state index in [9.17, 15) is 14.0 Å². The van der Waals surface area contributed by atoms with Gasteiger partial charge in [-0.25, -0.2) is 14.0 Å². The molecule has 3 fully saturated rings. The van der Waals surface area contributed by atoms with Crippen molar-refractivity contribution in [2.45, 2.75) is 63.2 Å². The molecule has 4 amide bonds. The number of carbonyl (C=O) groups is 2. The van der Waals surface area contributed by atoms with Crippen LogP contribution in [0.4, 0.5) is 14.0 Å². The van der Waals surface area contributed by atoms with Gasteiger partial charge in [0.2, 0.25) is 0 Å². The number of likely N-dealkylation sites (tertiary alicyclic amines) is 1. The highest BCUT2D eigenvalue weighted by Crippen LogP contribution is 2.32. The van der Waals surface area contributed by atoms with Crippen molar-refractivity contribution in [3.63, 3.8) is 0 Å². The van der Waals surface area contributed by atoms with Crippen LogP contribution in [-0.4, -0.2) is 53.1 Å². The highest BCUT2D eigenvalue weighted by atomic mass is 35.5. The van der Waals surface area contributed by atoms with Crippen LogP contribution in [0.25, 0.3) is 0 Å². The van der Waals surface area contributed by atoms with Crippen molar-refractivity contribution in [2.75, 3.05) is 13.1 Å². The second kappa shape index (κ2) is 8.15. The van der Waals surface area contributed by atoms with Gasteiger partial charge >= 0.3 is 12.1 Å². The summed E-state index contributed by atoms with van der Waals surface area (Å²) in [6.45, 7) is 1.27. The molecule has 1 heterocycles. The number of piperidine rings is 1. The SMILES string of the molecule is O=C(NCc1ccc(Cl)cc1F)N1CCC[C@@H](N(C(=O)NC2CC2)C2CC2)C1. The molecule has 2 aliphatic carbocycles. The molecule has 3 aliphatic rings. The Labute approximate surface area is 169 Å². The van der Waals surface area contributed by atoms with Gasteiger partial charge in [0.1, 0.15) is 5.82 Å². The summed E-state index contributed by atoms with van der Waals surface area (Å²) < 4.78 is 13.9. The van der Waals surface area contributed by atoms with Crippen molar-refractivity contribution in [3.05, 3.63) is 34.6 Å². The van der Waals surface area contributed by atoms with Crippen LogP contribution in [0.2, 0.25) is 5.02 Å². The highest BCUT2D eigenvalue weighted by molar-refractivity contribution is 6.30. The van der Waals surface area contributed by atoms with E-state index in [4.69, 9.17) is 11.6 Å². The molecule has 2 saturated carbocycles. The fourth-order valence-corrected chi connectivity index (χ4v) is 3.93. The van der Waals surface area contributed by atoms with Gasteiger partial charge in [-0.1, -0.05) is 17.7 Å². The Bertz CT molecular complexity index is 754. The van der Waals surface area contributed by atoms with E-state index in [-0.39, 0.29) is 24.6 Å². The summed E-state index contributed by atoms with van der Waals surface area (Å²) in [5, 5.41) is 6.21. The van der Waals surface area contributed by atoms with E-state index in [1.54, 1.807) is 17.0 Å². The van der Waals surface area contributed by atoms with Gasteiger partial charge in [-0.15, -0.1) is 0 Å². The summed E-state index contributed by atoms with van der Waals surface area (Å²) in [5.41, 5.74) is 0.398. The van der Waals surface area contributed by atoms with Crippen molar-refractivity contribution in [1.29, 1.82) is 0 Å². The maximum absolute atomic E-state index is 13.9. The first-order valence-electron chi connectivity index (χ1n) is 10.1. The van der Waals surface area contributed by atoms with E-state index in [2.05, 4.69) is 10.6 Å². The Balaban J connectivity index is 1.34. The normalized spacial score (nSPS) is 21.9. The number of carbonyl (C=O) groups excluding carboxylic acids is 2. The van der Waals surface area contributed by atoms with E-state index >= 15 is 0 Å². The predicted octanol–water partition coefficient (Wildman–Crippen LogP) is 3.49. The highest BCUT2D eigenvalue weighted by Gasteiger charge is 2.41. The summed E-state index contributed by atoms with van der Waals surface area (Å²) in [6, 6.07) is 4.88. The number of benzene rings is 1. The van der Waals surface area contributed by atoms with Crippen molar-refractivity contribution in [3.8, 4) is 0 Å². The van der Waals surface area contributed by atoms with Crippen LogP contribution in [0.15, 0.2) is 18.2 Å². The number of halogens is 2. The molecule has 1 atom stereocenters. The summed E-state index contributed by atoms with van der Waals surface area (Å²) in [4.78, 5) is 29.0. The second-order valence-corrected chi connectivity index (χ2v) is 8.44. The number of rotatable bonds is 5. The Morgan fingerprint density at radius 3 is 2.64 bits per heavy atom. The summed E-state index contributed by atoms with van der Waals surface area (Å²) in [5.74, 6) is -0.430. The molecule has 2 N–H and O–H groups in total. The molecule has 152 valence electrons. The predicted molar refractivity (Wildman–Crippen MR) is 105 cm³/mol. The zero-order valence-electron chi connectivity index (χ0n) is 15.8. The third-order valence-corrected chi connectivity index (χ3v) is 5.84. The number of nitrogens with one attached hydrogen (secondary N) is 2. The van der Waals surface area contributed by atoms with E-state index in [1.807, 2.05) is 4.90 Å². The van der Waals surface area contributed by atoms with Crippen molar-refractivity contribution < 1.29 is 14.0 Å². The summed E-state index contributed by atoms with van der Waals surface area (Å²) in [6.07, 6.45) is 5.96. The number of urea groups is 2. The molecule has 0 radical (unpaired) electrons. The summed E-state index contributed by atoms with van der Waals surface area (Å²) in [7, 11) is 0. The minimum absolute atomic E-state index is 0.0143. The van der Waals surface area contributed by atoms with Crippen LogP contribution in [0.3, 0.4) is 0 Å². The quantitative estimate of drug-likeness (QED) is 0.783. The molecule has 0 aromatic heterocycles. The standard InChI is InChI=1S/C20H26ClFN4O2/c21-14-4-3-13(18(22)10-14)11-23-19(27)25-9-1-2-17(12-25)26(16-7-8-16)20(28)24-15-5-6-15/h3-4,10,15-17H,1-2,5-9,11-12H2,(H,23,27)(H,24,28)/t17-/m1/s1. The molecule has 1 aromatic rings. The van der Waals surface area contributed by atoms with Crippen LogP contribution in [0.5, 0.6) is 0 Å². The molecule has 1 aliphatic heterocycles. The average Bonchev–Trinajstić information content (AvgIpc) is 3.58. The lowest BCUT2D eigenvalue weighted by molar-refractivity contribution is 0.115. The monoisotopic (exact) mass is 408 g/mol.